The number of morpholine rings is 1. The molecule has 0 radical (unpaired) electrons. The first-order valence-corrected chi connectivity index (χ1v) is 6.05. The molecular weight excluding hydrogens is 254 g/mol. The maximum absolute atomic E-state index is 12.3. The first-order chi connectivity index (χ1) is 8.33. The van der Waals surface area contributed by atoms with Crippen LogP contribution in [0.4, 0.5) is 5.69 Å². The van der Waals surface area contributed by atoms with E-state index in [2.05, 4.69) is 0 Å². The molecule has 2 fully saturated rings. The third-order valence-corrected chi connectivity index (χ3v) is 4.39. The molecule has 0 aromatic heterocycles. The standard InChI is InChI=1S/C13H12ClNO3/c1-7-8(14)5-4-6-9(7)15-10(16)12(2)13(3,18-12)11(15)17/h4-6H,1-3H3. The molecule has 3 rings (SSSR count). The highest BCUT2D eigenvalue weighted by Crippen LogP contribution is 2.56. The number of ether oxygens (including phenoxy) is 1. The molecule has 0 aliphatic carbocycles. The van der Waals surface area contributed by atoms with Crippen molar-refractivity contribution in [3.63, 3.8) is 0 Å². The average Bonchev–Trinajstić information content (AvgIpc) is 2.86. The summed E-state index contributed by atoms with van der Waals surface area (Å²) in [6, 6.07) is 5.17. The number of imide groups is 1. The summed E-state index contributed by atoms with van der Waals surface area (Å²) in [6.45, 7) is 5.08. The van der Waals surface area contributed by atoms with Crippen molar-refractivity contribution < 1.29 is 14.3 Å². The molecule has 2 atom stereocenters. The molecule has 0 N–H and O–H groups in total. The molecule has 0 bridgehead atoms. The van der Waals surface area contributed by atoms with E-state index in [9.17, 15) is 9.59 Å². The monoisotopic (exact) mass is 265 g/mol. The fourth-order valence-corrected chi connectivity index (χ4v) is 2.62. The lowest BCUT2D eigenvalue weighted by Gasteiger charge is -2.20. The van der Waals surface area contributed by atoms with Gasteiger partial charge in [0.25, 0.3) is 11.8 Å². The van der Waals surface area contributed by atoms with Gasteiger partial charge < -0.3 is 4.74 Å². The average molecular weight is 266 g/mol. The quantitative estimate of drug-likeness (QED) is 0.577. The Labute approximate surface area is 109 Å². The number of carbonyl (C=O) groups is 2. The lowest BCUT2D eigenvalue weighted by Crippen LogP contribution is -2.38. The maximum Gasteiger partial charge on any atom is 0.269 e. The number of fused-ring (bicyclic) bond motifs is 1. The highest BCUT2D eigenvalue weighted by atomic mass is 35.5. The van der Waals surface area contributed by atoms with Gasteiger partial charge in [0.1, 0.15) is 0 Å². The smallest absolute Gasteiger partial charge is 0.269 e. The largest absolute Gasteiger partial charge is 0.342 e. The molecule has 1 aromatic carbocycles. The number of hydrogen-bond acceptors (Lipinski definition) is 3. The summed E-state index contributed by atoms with van der Waals surface area (Å²) in [5.74, 6) is -0.638. The number of rotatable bonds is 1. The van der Waals surface area contributed by atoms with Crippen molar-refractivity contribution >= 4 is 29.1 Å². The summed E-state index contributed by atoms with van der Waals surface area (Å²) in [5, 5.41) is 0.532. The normalized spacial score (nSPS) is 33.9. The summed E-state index contributed by atoms with van der Waals surface area (Å²) < 4.78 is 5.30. The van der Waals surface area contributed by atoms with E-state index in [-0.39, 0.29) is 11.8 Å². The van der Waals surface area contributed by atoms with Gasteiger partial charge in [-0.15, -0.1) is 0 Å². The first kappa shape index (κ1) is 11.7. The molecule has 94 valence electrons. The van der Waals surface area contributed by atoms with Crippen molar-refractivity contribution in [3.05, 3.63) is 28.8 Å². The third kappa shape index (κ3) is 1.10. The summed E-state index contributed by atoms with van der Waals surface area (Å²) in [6.07, 6.45) is 0. The molecule has 2 aliphatic heterocycles. The predicted octanol–water partition coefficient (Wildman–Crippen LogP) is 2.07. The number of carbonyl (C=O) groups excluding carboxylic acids is 2. The lowest BCUT2D eigenvalue weighted by atomic mass is 10.00. The summed E-state index contributed by atoms with van der Waals surface area (Å²) in [7, 11) is 0. The Hall–Kier alpha value is -1.39. The highest BCUT2D eigenvalue weighted by Gasteiger charge is 2.81. The van der Waals surface area contributed by atoms with Gasteiger partial charge in [0, 0.05) is 5.02 Å². The van der Waals surface area contributed by atoms with Gasteiger partial charge in [-0.25, -0.2) is 4.90 Å². The fourth-order valence-electron chi connectivity index (χ4n) is 2.45. The predicted molar refractivity (Wildman–Crippen MR) is 66.6 cm³/mol. The molecule has 18 heavy (non-hydrogen) atoms. The van der Waals surface area contributed by atoms with Gasteiger partial charge in [0.05, 0.1) is 5.69 Å². The second-order valence-corrected chi connectivity index (χ2v) is 5.41. The van der Waals surface area contributed by atoms with Crippen LogP contribution in [0.5, 0.6) is 0 Å². The summed E-state index contributed by atoms with van der Waals surface area (Å²) in [5.41, 5.74) is -0.775. The number of amides is 2. The Morgan fingerprint density at radius 1 is 1.17 bits per heavy atom. The van der Waals surface area contributed by atoms with Crippen LogP contribution in [0.2, 0.25) is 5.02 Å². The minimum absolute atomic E-state index is 0.319. The molecule has 0 spiro atoms. The van der Waals surface area contributed by atoms with E-state index >= 15 is 0 Å². The Kier molecular flexibility index (Phi) is 2.03. The van der Waals surface area contributed by atoms with E-state index in [1.807, 2.05) is 0 Å². The summed E-state index contributed by atoms with van der Waals surface area (Å²) in [4.78, 5) is 25.8. The topological polar surface area (TPSA) is 49.9 Å². The summed E-state index contributed by atoms with van der Waals surface area (Å²) >= 11 is 6.02. The molecule has 2 amide bonds. The number of nitrogens with zero attached hydrogens (tertiary/aromatic N) is 1. The van der Waals surface area contributed by atoms with E-state index in [1.54, 1.807) is 39.0 Å². The van der Waals surface area contributed by atoms with Gasteiger partial charge >= 0.3 is 0 Å². The fraction of sp³-hybridized carbons (Fsp3) is 0.385. The van der Waals surface area contributed by atoms with Crippen LogP contribution < -0.4 is 4.90 Å². The van der Waals surface area contributed by atoms with Crippen LogP contribution in [0.3, 0.4) is 0 Å². The van der Waals surface area contributed by atoms with E-state index in [0.717, 1.165) is 5.56 Å². The van der Waals surface area contributed by atoms with Crippen LogP contribution in [-0.4, -0.2) is 23.0 Å². The molecule has 1 aromatic rings. The Bertz CT molecular complexity index is 574. The zero-order chi connectivity index (χ0) is 13.3. The second kappa shape index (κ2) is 3.13. The zero-order valence-corrected chi connectivity index (χ0v) is 11.0. The van der Waals surface area contributed by atoms with Gasteiger partial charge in [-0.05, 0) is 38.5 Å². The Morgan fingerprint density at radius 3 is 2.28 bits per heavy atom. The molecule has 5 heteroatoms. The van der Waals surface area contributed by atoms with Crippen molar-refractivity contribution in [2.75, 3.05) is 4.90 Å². The van der Waals surface area contributed by atoms with Crippen LogP contribution >= 0.6 is 11.6 Å². The van der Waals surface area contributed by atoms with Crippen LogP contribution in [0.1, 0.15) is 19.4 Å². The van der Waals surface area contributed by atoms with Gasteiger partial charge in [-0.2, -0.15) is 0 Å². The van der Waals surface area contributed by atoms with Gasteiger partial charge in [0.15, 0.2) is 11.2 Å². The van der Waals surface area contributed by atoms with Gasteiger partial charge in [-0.3, -0.25) is 9.59 Å². The highest BCUT2D eigenvalue weighted by molar-refractivity contribution is 6.34. The Balaban J connectivity index is 2.12. The van der Waals surface area contributed by atoms with Crippen LogP contribution in [0.25, 0.3) is 0 Å². The molecular formula is C13H12ClNO3. The van der Waals surface area contributed by atoms with Crippen molar-refractivity contribution in [2.45, 2.75) is 32.0 Å². The van der Waals surface area contributed by atoms with Crippen molar-refractivity contribution in [3.8, 4) is 0 Å². The minimum atomic E-state index is -1.02. The number of hydrogen-bond donors (Lipinski definition) is 0. The van der Waals surface area contributed by atoms with Crippen LogP contribution in [0.15, 0.2) is 18.2 Å². The van der Waals surface area contributed by atoms with Crippen molar-refractivity contribution in [1.82, 2.24) is 0 Å². The number of epoxide rings is 1. The molecule has 0 saturated carbocycles. The van der Waals surface area contributed by atoms with Gasteiger partial charge in [-0.1, -0.05) is 17.7 Å². The number of anilines is 1. The molecule has 2 aliphatic rings. The van der Waals surface area contributed by atoms with Gasteiger partial charge in [0.2, 0.25) is 0 Å². The number of benzene rings is 1. The van der Waals surface area contributed by atoms with E-state index in [0.29, 0.717) is 10.7 Å². The van der Waals surface area contributed by atoms with E-state index in [4.69, 9.17) is 16.3 Å². The molecule has 4 nitrogen and oxygen atoms in total. The molecule has 2 unspecified atom stereocenters. The minimum Gasteiger partial charge on any atom is -0.342 e. The molecule has 2 heterocycles. The Morgan fingerprint density at radius 2 is 1.72 bits per heavy atom. The number of halogens is 1. The maximum atomic E-state index is 12.3. The van der Waals surface area contributed by atoms with E-state index in [1.165, 1.54) is 4.90 Å². The first-order valence-electron chi connectivity index (χ1n) is 5.67. The van der Waals surface area contributed by atoms with Crippen LogP contribution in [-0.2, 0) is 14.3 Å². The van der Waals surface area contributed by atoms with Crippen LogP contribution in [0, 0.1) is 6.92 Å². The van der Waals surface area contributed by atoms with Crippen molar-refractivity contribution in [2.24, 2.45) is 0 Å². The van der Waals surface area contributed by atoms with E-state index < -0.39 is 11.2 Å². The SMILES string of the molecule is Cc1c(Cl)cccc1N1C(=O)C2(C)OC2(C)C1=O. The second-order valence-electron chi connectivity index (χ2n) is 5.00. The van der Waals surface area contributed by atoms with Crippen molar-refractivity contribution in [1.29, 1.82) is 0 Å². The molecule has 2 saturated heterocycles. The zero-order valence-electron chi connectivity index (χ0n) is 10.3. The lowest BCUT2D eigenvalue weighted by molar-refractivity contribution is -0.129. The third-order valence-electron chi connectivity index (χ3n) is 3.98.